The minimum atomic E-state index is 0.0650. The zero-order valence-electron chi connectivity index (χ0n) is 46.7. The summed E-state index contributed by atoms with van der Waals surface area (Å²) >= 11 is 0. The Labute approximate surface area is 433 Å². The molecule has 0 N–H and O–H groups in total. The van der Waals surface area contributed by atoms with Gasteiger partial charge >= 0.3 is 0 Å². The van der Waals surface area contributed by atoms with Gasteiger partial charge in [-0.3, -0.25) is 0 Å². The smallest absolute Gasteiger partial charge is 0.0541 e. The van der Waals surface area contributed by atoms with E-state index in [2.05, 4.69) is 240 Å². The Bertz CT molecular complexity index is 3000. The monoisotopic (exact) mass is 953 g/mol. The molecule has 9 rings (SSSR count). The van der Waals surface area contributed by atoms with E-state index in [-0.39, 0.29) is 21.7 Å². The third-order valence-corrected chi connectivity index (χ3v) is 15.8. The fourth-order valence-corrected chi connectivity index (χ4v) is 11.2. The predicted octanol–water partition coefficient (Wildman–Crippen LogP) is 20.7. The Balaban J connectivity index is 1.15. The fourth-order valence-electron chi connectivity index (χ4n) is 11.2. The first-order valence-corrected chi connectivity index (χ1v) is 27.7. The van der Waals surface area contributed by atoms with Crippen molar-refractivity contribution in [2.24, 2.45) is 0 Å². The maximum absolute atomic E-state index is 2.59. The van der Waals surface area contributed by atoms with Crippen LogP contribution in [0.15, 0.2) is 133 Å². The van der Waals surface area contributed by atoms with Crippen LogP contribution in [0.1, 0.15) is 182 Å². The van der Waals surface area contributed by atoms with Crippen molar-refractivity contribution in [3.63, 3.8) is 0 Å². The molecule has 2 heterocycles. The summed E-state index contributed by atoms with van der Waals surface area (Å²) in [6.07, 6.45) is 12.1. The molecule has 0 fully saturated rings. The molecule has 0 radical (unpaired) electrons. The number of aromatic nitrogens is 2. The summed E-state index contributed by atoms with van der Waals surface area (Å²) in [5.41, 5.74) is 21.5. The van der Waals surface area contributed by atoms with E-state index in [4.69, 9.17) is 0 Å². The van der Waals surface area contributed by atoms with Crippen molar-refractivity contribution in [3.05, 3.63) is 167 Å². The highest BCUT2D eigenvalue weighted by atomic mass is 15.0. The Kier molecular flexibility index (Phi) is 14.1. The van der Waals surface area contributed by atoms with Crippen molar-refractivity contribution in [2.45, 2.75) is 183 Å². The summed E-state index contributed by atoms with van der Waals surface area (Å²) < 4.78 is 4.99. The standard InChI is InChI=1S/C70H84N2/c1-15-17-19-21-23-49-41-58(48-27-35-56(36-28-48)72-65-39-31-53(69(9,10)11)45-61(65)62-46-54(70(12,13)14)32-40-66(62)72)50(24-22-20-18-16-2)42-57(49)47-25-33-55(34-26-47)71-63-37-29-51(67(3,4)5)43-59(63)60-44-52(68(6,7)8)30-38-64(60)71/h25-46H,15-24H2,1-14H3. The molecule has 0 saturated heterocycles. The molecule has 0 saturated carbocycles. The van der Waals surface area contributed by atoms with Gasteiger partial charge in [0, 0.05) is 32.9 Å². The van der Waals surface area contributed by atoms with E-state index in [9.17, 15) is 0 Å². The summed E-state index contributed by atoms with van der Waals surface area (Å²) in [6.45, 7) is 32.5. The number of unbranched alkanes of at least 4 members (excludes halogenated alkanes) is 6. The highest BCUT2D eigenvalue weighted by molar-refractivity contribution is 6.11. The van der Waals surface area contributed by atoms with Crippen LogP contribution in [0, 0.1) is 0 Å². The second kappa shape index (κ2) is 19.9. The lowest BCUT2D eigenvalue weighted by atomic mass is 9.85. The number of hydrogen-bond acceptors (Lipinski definition) is 0. The molecule has 72 heavy (non-hydrogen) atoms. The summed E-state index contributed by atoms with van der Waals surface area (Å²) in [4.78, 5) is 0. The Hall–Kier alpha value is -5.86. The molecule has 0 bridgehead atoms. The molecule has 0 aliphatic rings. The number of rotatable bonds is 14. The second-order valence-electron chi connectivity index (χ2n) is 25.5. The van der Waals surface area contributed by atoms with Gasteiger partial charge in [-0.1, -0.05) is 196 Å². The highest BCUT2D eigenvalue weighted by Crippen LogP contribution is 2.42. The highest BCUT2D eigenvalue weighted by Gasteiger charge is 2.24. The minimum absolute atomic E-state index is 0.0650. The molecule has 0 amide bonds. The van der Waals surface area contributed by atoms with E-state index in [1.807, 2.05) is 0 Å². The van der Waals surface area contributed by atoms with Crippen LogP contribution >= 0.6 is 0 Å². The summed E-state index contributed by atoms with van der Waals surface area (Å²) in [5.74, 6) is 0. The van der Waals surface area contributed by atoms with E-state index in [1.54, 1.807) is 0 Å². The van der Waals surface area contributed by atoms with Gasteiger partial charge in [-0.2, -0.15) is 0 Å². The number of fused-ring (bicyclic) bond motifs is 6. The maximum atomic E-state index is 2.59. The van der Waals surface area contributed by atoms with Crippen LogP contribution in [0.25, 0.3) is 77.2 Å². The maximum Gasteiger partial charge on any atom is 0.0541 e. The van der Waals surface area contributed by atoms with Crippen LogP contribution < -0.4 is 0 Å². The molecule has 0 atom stereocenters. The fraction of sp³-hybridized carbons (Fsp3) is 0.400. The number of aryl methyl sites for hydroxylation is 2. The van der Waals surface area contributed by atoms with Gasteiger partial charge in [0.2, 0.25) is 0 Å². The molecule has 2 aromatic heterocycles. The minimum Gasteiger partial charge on any atom is -0.309 e. The first-order valence-electron chi connectivity index (χ1n) is 27.7. The average Bonchev–Trinajstić information content (AvgIpc) is 3.85. The van der Waals surface area contributed by atoms with Gasteiger partial charge in [0.1, 0.15) is 0 Å². The average molecular weight is 953 g/mol. The van der Waals surface area contributed by atoms with Crippen LogP contribution in [0.5, 0.6) is 0 Å². The molecule has 9 aromatic rings. The van der Waals surface area contributed by atoms with Gasteiger partial charge in [-0.15, -0.1) is 0 Å². The molecule has 2 nitrogen and oxygen atoms in total. The lowest BCUT2D eigenvalue weighted by Crippen LogP contribution is -2.10. The zero-order chi connectivity index (χ0) is 51.3. The van der Waals surface area contributed by atoms with Crippen molar-refractivity contribution in [3.8, 4) is 33.6 Å². The molecule has 2 heteroatoms. The van der Waals surface area contributed by atoms with Crippen molar-refractivity contribution in [1.29, 1.82) is 0 Å². The molecule has 0 aliphatic heterocycles. The largest absolute Gasteiger partial charge is 0.309 e. The van der Waals surface area contributed by atoms with Crippen molar-refractivity contribution in [1.82, 2.24) is 9.13 Å². The summed E-state index contributed by atoms with van der Waals surface area (Å²) in [6, 6.07) is 52.9. The molecular formula is C70H84N2. The van der Waals surface area contributed by atoms with Gasteiger partial charge in [-0.25, -0.2) is 0 Å². The number of benzene rings is 7. The third-order valence-electron chi connectivity index (χ3n) is 15.8. The summed E-state index contributed by atoms with van der Waals surface area (Å²) in [7, 11) is 0. The normalized spacial score (nSPS) is 12.9. The predicted molar refractivity (Wildman–Crippen MR) is 316 cm³/mol. The first kappa shape index (κ1) is 51.1. The summed E-state index contributed by atoms with van der Waals surface area (Å²) in [5, 5.41) is 5.32. The molecular weight excluding hydrogens is 869 g/mol. The molecule has 374 valence electrons. The van der Waals surface area contributed by atoms with Gasteiger partial charge in [-0.05, 0) is 176 Å². The Morgan fingerprint density at radius 3 is 0.833 bits per heavy atom. The third kappa shape index (κ3) is 10.2. The van der Waals surface area contributed by atoms with E-state index in [0.717, 1.165) is 12.8 Å². The van der Waals surface area contributed by atoms with Crippen LogP contribution in [0.2, 0.25) is 0 Å². The van der Waals surface area contributed by atoms with Crippen LogP contribution in [-0.4, -0.2) is 9.13 Å². The van der Waals surface area contributed by atoms with Crippen molar-refractivity contribution in [2.75, 3.05) is 0 Å². The van der Waals surface area contributed by atoms with E-state index in [1.165, 1.54) is 162 Å². The first-order chi connectivity index (χ1) is 34.1. The SMILES string of the molecule is CCCCCCc1cc(-c2ccc(-n3c4ccc(C(C)(C)C)cc4c4cc(C(C)(C)C)ccc43)cc2)c(CCCCCC)cc1-c1ccc(-n2c3ccc(C(C)(C)C)cc3c3cc(C(C)(C)C)ccc32)cc1. The molecule has 0 aliphatic carbocycles. The van der Waals surface area contributed by atoms with Gasteiger partial charge < -0.3 is 9.13 Å². The van der Waals surface area contributed by atoms with E-state index < -0.39 is 0 Å². The van der Waals surface area contributed by atoms with Crippen molar-refractivity contribution < 1.29 is 0 Å². The van der Waals surface area contributed by atoms with E-state index in [0.29, 0.717) is 0 Å². The number of nitrogens with zero attached hydrogens (tertiary/aromatic N) is 2. The van der Waals surface area contributed by atoms with E-state index >= 15 is 0 Å². The molecule has 7 aromatic carbocycles. The van der Waals surface area contributed by atoms with Crippen molar-refractivity contribution >= 4 is 43.6 Å². The lowest BCUT2D eigenvalue weighted by Gasteiger charge is -2.20. The van der Waals surface area contributed by atoms with Gasteiger partial charge in [0.15, 0.2) is 0 Å². The van der Waals surface area contributed by atoms with Gasteiger partial charge in [0.25, 0.3) is 0 Å². The Morgan fingerprint density at radius 1 is 0.306 bits per heavy atom. The van der Waals surface area contributed by atoms with Crippen LogP contribution in [-0.2, 0) is 34.5 Å². The zero-order valence-corrected chi connectivity index (χ0v) is 46.7. The molecule has 0 unspecified atom stereocenters. The number of hydrogen-bond donors (Lipinski definition) is 0. The van der Waals surface area contributed by atoms with Crippen LogP contribution in [0.3, 0.4) is 0 Å². The quantitative estimate of drug-likeness (QED) is 0.0962. The second-order valence-corrected chi connectivity index (χ2v) is 25.5. The topological polar surface area (TPSA) is 9.86 Å². The van der Waals surface area contributed by atoms with Crippen LogP contribution in [0.4, 0.5) is 0 Å². The molecule has 0 spiro atoms. The lowest BCUT2D eigenvalue weighted by molar-refractivity contribution is 0.590. The van der Waals surface area contributed by atoms with Gasteiger partial charge in [0.05, 0.1) is 22.1 Å². The Morgan fingerprint density at radius 2 is 0.583 bits per heavy atom.